The van der Waals surface area contributed by atoms with Crippen LogP contribution in [0, 0.1) is 31.6 Å². The van der Waals surface area contributed by atoms with Crippen molar-refractivity contribution >= 4 is 62.8 Å². The minimum Gasteiger partial charge on any atom is -0.507 e. The number of amides is 4. The number of phenols is 1. The zero-order chi connectivity index (χ0) is 32.7. The summed E-state index contributed by atoms with van der Waals surface area (Å²) in [5.74, 6) is -4.13. The van der Waals surface area contributed by atoms with Crippen LogP contribution in [0.25, 0.3) is 0 Å². The lowest BCUT2D eigenvalue weighted by atomic mass is 9.56. The van der Waals surface area contributed by atoms with Gasteiger partial charge in [0.2, 0.25) is 11.8 Å². The lowest BCUT2D eigenvalue weighted by Crippen LogP contribution is -2.60. The summed E-state index contributed by atoms with van der Waals surface area (Å²) in [6, 6.07) is 13.6. The zero-order valence-electron chi connectivity index (χ0n) is 25.7. The monoisotopic (exact) mass is 727 g/mol. The standard InChI is InChI=1S/C35H36BrCl2N3O5/c1-19-14-22(15-20(2)29(19)42)28-24-8-9-25-27(26(24)16-34(37)32(45)40(18-36)33(46)35(28,34)38)31(44)41(30(25)43)23-10-12-39(13-11-23)17-21-6-4-3-5-7-21/h3-8,14-15,23,25-28,42H,9-13,16-18H2,1-2H3/t25-,26+,27-,28-,34+,35-/m0/s1. The number of alkyl halides is 3. The first kappa shape index (κ1) is 31.9. The van der Waals surface area contributed by atoms with E-state index < -0.39 is 45.2 Å². The molecule has 0 bridgehead atoms. The Morgan fingerprint density at radius 3 is 2.22 bits per heavy atom. The molecule has 3 saturated heterocycles. The number of carbonyl (C=O) groups excluding carboxylic acids is 4. The van der Waals surface area contributed by atoms with Crippen LogP contribution >= 0.6 is 39.1 Å². The molecule has 5 aliphatic rings. The van der Waals surface area contributed by atoms with Gasteiger partial charge in [-0.05, 0) is 67.7 Å². The first-order valence-electron chi connectivity index (χ1n) is 15.9. The zero-order valence-corrected chi connectivity index (χ0v) is 28.8. The topological polar surface area (TPSA) is 98.2 Å². The molecule has 1 saturated carbocycles. The highest BCUT2D eigenvalue weighted by atomic mass is 79.9. The minimum atomic E-state index is -1.86. The number of piperidine rings is 1. The van der Waals surface area contributed by atoms with Crippen molar-refractivity contribution in [2.24, 2.45) is 17.8 Å². The van der Waals surface area contributed by atoms with Crippen LogP contribution in [-0.4, -0.2) is 77.8 Å². The van der Waals surface area contributed by atoms with Crippen LogP contribution in [0.2, 0.25) is 0 Å². The number of imide groups is 2. The van der Waals surface area contributed by atoms with Crippen molar-refractivity contribution in [1.82, 2.24) is 14.7 Å². The average Bonchev–Trinajstić information content (AvgIpc) is 3.38. The van der Waals surface area contributed by atoms with Gasteiger partial charge in [-0.1, -0.05) is 70.0 Å². The number of aromatic hydroxyl groups is 1. The molecular weight excluding hydrogens is 693 g/mol. The van der Waals surface area contributed by atoms with E-state index in [9.17, 15) is 24.3 Å². The van der Waals surface area contributed by atoms with Crippen molar-refractivity contribution in [3.8, 4) is 5.75 Å². The number of nitrogens with zero attached hydrogens (tertiary/aromatic N) is 3. The fourth-order valence-electron chi connectivity index (χ4n) is 8.84. The molecule has 46 heavy (non-hydrogen) atoms. The van der Waals surface area contributed by atoms with Gasteiger partial charge in [0.05, 0.1) is 17.3 Å². The Labute approximate surface area is 286 Å². The number of halogens is 3. The molecular formula is C35H36BrCl2N3O5. The van der Waals surface area contributed by atoms with E-state index in [2.05, 4.69) is 33.0 Å². The number of benzene rings is 2. The molecule has 6 atom stereocenters. The number of allylic oxidation sites excluding steroid dienone is 2. The highest BCUT2D eigenvalue weighted by molar-refractivity contribution is 9.09. The van der Waals surface area contributed by atoms with Gasteiger partial charge in [0.25, 0.3) is 11.8 Å². The quantitative estimate of drug-likeness (QED) is 0.192. The predicted octanol–water partition coefficient (Wildman–Crippen LogP) is 5.38. The van der Waals surface area contributed by atoms with E-state index in [0.717, 1.165) is 30.1 Å². The molecule has 0 spiro atoms. The van der Waals surface area contributed by atoms with Gasteiger partial charge in [-0.3, -0.25) is 33.9 Å². The van der Waals surface area contributed by atoms with E-state index in [1.165, 1.54) is 10.5 Å². The maximum atomic E-state index is 14.4. The first-order valence-corrected chi connectivity index (χ1v) is 17.7. The van der Waals surface area contributed by atoms with Crippen LogP contribution in [0.1, 0.15) is 53.9 Å². The molecule has 4 amide bonds. The second kappa shape index (κ2) is 11.5. The van der Waals surface area contributed by atoms with Crippen LogP contribution < -0.4 is 0 Å². The lowest BCUT2D eigenvalue weighted by Gasteiger charge is -2.51. The summed E-state index contributed by atoms with van der Waals surface area (Å²) in [4.78, 5) is 57.5. The third-order valence-electron chi connectivity index (χ3n) is 11.1. The molecule has 3 aliphatic heterocycles. The minimum absolute atomic E-state index is 0.0337. The average molecular weight is 729 g/mol. The van der Waals surface area contributed by atoms with Crippen molar-refractivity contribution in [2.45, 2.75) is 67.8 Å². The van der Waals surface area contributed by atoms with Crippen molar-refractivity contribution in [2.75, 3.05) is 18.5 Å². The summed E-state index contributed by atoms with van der Waals surface area (Å²) in [5, 5.41) is 10.6. The summed E-state index contributed by atoms with van der Waals surface area (Å²) in [6.45, 7) is 5.91. The van der Waals surface area contributed by atoms with Crippen molar-refractivity contribution in [1.29, 1.82) is 0 Å². The largest absolute Gasteiger partial charge is 0.507 e. The molecule has 2 aromatic carbocycles. The third kappa shape index (κ3) is 4.48. The van der Waals surface area contributed by atoms with E-state index in [-0.39, 0.29) is 35.5 Å². The molecule has 3 heterocycles. The van der Waals surface area contributed by atoms with E-state index in [4.69, 9.17) is 23.2 Å². The molecule has 0 radical (unpaired) electrons. The maximum absolute atomic E-state index is 14.4. The van der Waals surface area contributed by atoms with Gasteiger partial charge in [-0.25, -0.2) is 0 Å². The molecule has 2 aliphatic carbocycles. The van der Waals surface area contributed by atoms with Crippen molar-refractivity contribution < 1.29 is 24.3 Å². The van der Waals surface area contributed by atoms with E-state index in [1.807, 2.05) is 24.3 Å². The molecule has 7 rings (SSSR count). The van der Waals surface area contributed by atoms with Gasteiger partial charge in [0.1, 0.15) is 5.75 Å². The molecule has 11 heteroatoms. The predicted molar refractivity (Wildman–Crippen MR) is 178 cm³/mol. The number of carbonyl (C=O) groups is 4. The third-order valence-corrected chi connectivity index (χ3v) is 13.0. The highest BCUT2D eigenvalue weighted by Crippen LogP contribution is 2.65. The highest BCUT2D eigenvalue weighted by Gasteiger charge is 2.76. The van der Waals surface area contributed by atoms with E-state index in [1.54, 1.807) is 26.0 Å². The Bertz CT molecular complexity index is 1650. The van der Waals surface area contributed by atoms with Crippen LogP contribution in [0.15, 0.2) is 54.1 Å². The second-order valence-electron chi connectivity index (χ2n) is 13.5. The molecule has 1 N–H and O–H groups in total. The van der Waals surface area contributed by atoms with Gasteiger partial charge < -0.3 is 5.11 Å². The normalized spacial score (nSPS) is 33.3. The SMILES string of the molecule is Cc1cc([C@H]2C3=CC[C@@H]4C(=O)N(C5CCN(Cc6ccccc6)CC5)C(=O)[C@@H]4[C@@H]3C[C@@]3(Cl)C(=O)N(CBr)C(=O)[C@@]23Cl)cc(C)c1O. The number of likely N-dealkylation sites (tertiary alicyclic amines) is 3. The van der Waals surface area contributed by atoms with Gasteiger partial charge >= 0.3 is 0 Å². The summed E-state index contributed by atoms with van der Waals surface area (Å²) in [7, 11) is 0. The van der Waals surface area contributed by atoms with Crippen molar-refractivity contribution in [3.63, 3.8) is 0 Å². The number of fused-ring (bicyclic) bond motifs is 4. The second-order valence-corrected chi connectivity index (χ2v) is 15.3. The molecule has 0 aromatic heterocycles. The van der Waals surface area contributed by atoms with Crippen molar-refractivity contribution in [3.05, 3.63) is 76.4 Å². The Hall–Kier alpha value is -2.72. The van der Waals surface area contributed by atoms with E-state index in [0.29, 0.717) is 36.0 Å². The fraction of sp³-hybridized carbons (Fsp3) is 0.486. The molecule has 8 nitrogen and oxygen atoms in total. The number of aryl methyl sites for hydroxylation is 2. The molecule has 4 fully saturated rings. The van der Waals surface area contributed by atoms with Gasteiger partial charge in [-0.15, -0.1) is 23.2 Å². The lowest BCUT2D eigenvalue weighted by molar-refractivity contribution is -0.144. The van der Waals surface area contributed by atoms with Crippen LogP contribution in [-0.2, 0) is 25.7 Å². The Balaban J connectivity index is 1.23. The fourth-order valence-corrected chi connectivity index (χ4v) is 10.3. The summed E-state index contributed by atoms with van der Waals surface area (Å²) in [5.41, 5.74) is 3.75. The Morgan fingerprint density at radius 2 is 1.59 bits per heavy atom. The smallest absolute Gasteiger partial charge is 0.254 e. The number of hydrogen-bond donors (Lipinski definition) is 1. The number of hydrogen-bond acceptors (Lipinski definition) is 6. The summed E-state index contributed by atoms with van der Waals surface area (Å²) in [6.07, 6.45) is 3.65. The first-order chi connectivity index (χ1) is 21.9. The summed E-state index contributed by atoms with van der Waals surface area (Å²) >= 11 is 18.0. The van der Waals surface area contributed by atoms with E-state index >= 15 is 0 Å². The van der Waals surface area contributed by atoms with Crippen LogP contribution in [0.3, 0.4) is 0 Å². The molecule has 0 unspecified atom stereocenters. The Morgan fingerprint density at radius 1 is 0.935 bits per heavy atom. The van der Waals surface area contributed by atoms with Gasteiger partial charge in [-0.2, -0.15) is 0 Å². The Kier molecular flexibility index (Phi) is 7.94. The van der Waals surface area contributed by atoms with Crippen LogP contribution in [0.5, 0.6) is 5.75 Å². The van der Waals surface area contributed by atoms with Crippen LogP contribution in [0.4, 0.5) is 0 Å². The molecule has 242 valence electrons. The number of phenolic OH excluding ortho intramolecular Hbond substituents is 1. The number of rotatable bonds is 5. The maximum Gasteiger partial charge on any atom is 0.254 e. The molecule has 2 aromatic rings. The summed E-state index contributed by atoms with van der Waals surface area (Å²) < 4.78 is 0. The van der Waals surface area contributed by atoms with Gasteiger partial charge in [0.15, 0.2) is 9.75 Å². The van der Waals surface area contributed by atoms with Gasteiger partial charge in [0, 0.05) is 31.6 Å².